The van der Waals surface area contributed by atoms with Gasteiger partial charge in [-0.2, -0.15) is 0 Å². The Balaban J connectivity index is 4.17. The molecule has 0 bridgehead atoms. The zero-order chi connectivity index (χ0) is 11.1. The van der Waals surface area contributed by atoms with Crippen LogP contribution in [-0.2, 0) is 23.9 Å². The number of carbonyl (C=O) groups is 3. The van der Waals surface area contributed by atoms with Gasteiger partial charge in [-0.3, -0.25) is 9.59 Å². The molecule has 1 atom stereocenters. The van der Waals surface area contributed by atoms with Crippen molar-refractivity contribution in [2.75, 3.05) is 13.7 Å². The van der Waals surface area contributed by atoms with Crippen molar-refractivity contribution in [2.24, 2.45) is 0 Å². The first-order valence-corrected chi connectivity index (χ1v) is 3.95. The van der Waals surface area contributed by atoms with Crippen LogP contribution in [0.4, 0.5) is 0 Å². The van der Waals surface area contributed by atoms with Crippen molar-refractivity contribution >= 4 is 17.8 Å². The van der Waals surface area contributed by atoms with E-state index < -0.39 is 23.9 Å². The Labute approximate surface area is 81.6 Å². The van der Waals surface area contributed by atoms with E-state index in [1.165, 1.54) is 21.0 Å². The first-order valence-electron chi connectivity index (χ1n) is 3.95. The predicted octanol–water partition coefficient (Wildman–Crippen LogP) is -0.773. The molecule has 14 heavy (non-hydrogen) atoms. The summed E-state index contributed by atoms with van der Waals surface area (Å²) in [6.07, 6.45) is 0. The number of nitrogens with one attached hydrogen (secondary N) is 1. The van der Waals surface area contributed by atoms with E-state index in [1.54, 1.807) is 0 Å². The zero-order valence-electron chi connectivity index (χ0n) is 8.33. The molecule has 1 N–H and O–H groups in total. The Morgan fingerprint density at radius 2 is 1.86 bits per heavy atom. The largest absolute Gasteiger partial charge is 0.467 e. The monoisotopic (exact) mass is 203 g/mol. The van der Waals surface area contributed by atoms with E-state index in [9.17, 15) is 14.4 Å². The van der Waals surface area contributed by atoms with Crippen molar-refractivity contribution in [2.45, 2.75) is 19.9 Å². The van der Waals surface area contributed by atoms with Gasteiger partial charge in [0.2, 0.25) is 5.91 Å². The lowest BCUT2D eigenvalue weighted by atomic mass is 10.3. The molecule has 1 amide bonds. The number of rotatable bonds is 4. The minimum Gasteiger partial charge on any atom is -0.467 e. The Morgan fingerprint density at radius 3 is 2.21 bits per heavy atom. The quantitative estimate of drug-likeness (QED) is 0.606. The topological polar surface area (TPSA) is 81.7 Å². The fourth-order valence-corrected chi connectivity index (χ4v) is 0.757. The van der Waals surface area contributed by atoms with Gasteiger partial charge in [-0.1, -0.05) is 0 Å². The number of hydrogen-bond donors (Lipinski definition) is 1. The lowest BCUT2D eigenvalue weighted by Crippen LogP contribution is -2.44. The highest BCUT2D eigenvalue weighted by molar-refractivity contribution is 5.83. The molecule has 0 aliphatic rings. The van der Waals surface area contributed by atoms with Crippen LogP contribution in [0, 0.1) is 0 Å². The fourth-order valence-electron chi connectivity index (χ4n) is 0.757. The zero-order valence-corrected chi connectivity index (χ0v) is 8.33. The fraction of sp³-hybridized carbons (Fsp3) is 0.625. The average Bonchev–Trinajstić information content (AvgIpc) is 2.10. The van der Waals surface area contributed by atoms with Gasteiger partial charge in [0.25, 0.3) is 0 Å². The molecule has 6 heteroatoms. The Morgan fingerprint density at radius 1 is 1.29 bits per heavy atom. The molecular formula is C8H13NO5. The number of carbonyl (C=O) groups excluding carboxylic acids is 3. The summed E-state index contributed by atoms with van der Waals surface area (Å²) in [6, 6.07) is -0.943. The molecular weight excluding hydrogens is 190 g/mol. The first-order chi connectivity index (χ1) is 6.47. The molecule has 0 heterocycles. The van der Waals surface area contributed by atoms with Crippen molar-refractivity contribution in [3.63, 3.8) is 0 Å². The van der Waals surface area contributed by atoms with Crippen molar-refractivity contribution in [1.29, 1.82) is 0 Å². The summed E-state index contributed by atoms with van der Waals surface area (Å²) < 4.78 is 8.97. The summed E-state index contributed by atoms with van der Waals surface area (Å²) in [4.78, 5) is 32.1. The summed E-state index contributed by atoms with van der Waals surface area (Å²) in [5, 5.41) is 2.30. The molecule has 0 aromatic carbocycles. The molecule has 0 aromatic rings. The van der Waals surface area contributed by atoms with Gasteiger partial charge in [-0.15, -0.1) is 0 Å². The molecule has 0 saturated heterocycles. The van der Waals surface area contributed by atoms with Crippen LogP contribution in [-0.4, -0.2) is 37.6 Å². The highest BCUT2D eigenvalue weighted by Crippen LogP contribution is 1.91. The lowest BCUT2D eigenvalue weighted by molar-refractivity contribution is -0.150. The second kappa shape index (κ2) is 5.95. The van der Waals surface area contributed by atoms with E-state index in [4.69, 9.17) is 0 Å². The molecule has 0 spiro atoms. The second-order valence-electron chi connectivity index (χ2n) is 2.58. The summed E-state index contributed by atoms with van der Waals surface area (Å²) in [7, 11) is 1.19. The normalized spacial score (nSPS) is 11.4. The molecule has 0 fully saturated rings. The van der Waals surface area contributed by atoms with Crippen LogP contribution in [0.2, 0.25) is 0 Å². The summed E-state index contributed by atoms with van der Waals surface area (Å²) in [6.45, 7) is 2.24. The summed E-state index contributed by atoms with van der Waals surface area (Å²) >= 11 is 0. The van der Waals surface area contributed by atoms with Crippen LogP contribution in [0.15, 0.2) is 0 Å². The van der Waals surface area contributed by atoms with Crippen molar-refractivity contribution in [3.05, 3.63) is 0 Å². The van der Waals surface area contributed by atoms with Gasteiger partial charge in [0.05, 0.1) is 7.11 Å². The number of amides is 1. The maximum atomic E-state index is 11.0. The maximum Gasteiger partial charge on any atom is 0.331 e. The number of hydrogen-bond acceptors (Lipinski definition) is 5. The minimum atomic E-state index is -0.943. The lowest BCUT2D eigenvalue weighted by Gasteiger charge is -2.14. The Hall–Kier alpha value is -1.59. The smallest absolute Gasteiger partial charge is 0.331 e. The van der Waals surface area contributed by atoms with Gasteiger partial charge in [0, 0.05) is 13.8 Å². The Kier molecular flexibility index (Phi) is 5.28. The van der Waals surface area contributed by atoms with E-state index >= 15 is 0 Å². The van der Waals surface area contributed by atoms with Gasteiger partial charge in [0.1, 0.15) is 6.61 Å². The number of methoxy groups -OCH3 is 1. The Bertz CT molecular complexity index is 238. The van der Waals surface area contributed by atoms with Gasteiger partial charge >= 0.3 is 11.9 Å². The van der Waals surface area contributed by atoms with Crippen molar-refractivity contribution in [3.8, 4) is 0 Å². The van der Waals surface area contributed by atoms with Crippen molar-refractivity contribution < 1.29 is 23.9 Å². The van der Waals surface area contributed by atoms with Gasteiger partial charge in [-0.05, 0) is 0 Å². The highest BCUT2D eigenvalue weighted by atomic mass is 16.5. The second-order valence-corrected chi connectivity index (χ2v) is 2.58. The van der Waals surface area contributed by atoms with Crippen LogP contribution < -0.4 is 5.32 Å². The number of esters is 2. The van der Waals surface area contributed by atoms with Gasteiger partial charge < -0.3 is 14.8 Å². The predicted molar refractivity (Wildman–Crippen MR) is 46.3 cm³/mol. The van der Waals surface area contributed by atoms with Crippen LogP contribution in [0.25, 0.3) is 0 Å². The van der Waals surface area contributed by atoms with Gasteiger partial charge in [-0.25, -0.2) is 4.79 Å². The third-order valence-corrected chi connectivity index (χ3v) is 1.32. The van der Waals surface area contributed by atoms with Crippen LogP contribution in [0.1, 0.15) is 13.8 Å². The van der Waals surface area contributed by atoms with Crippen molar-refractivity contribution in [1.82, 2.24) is 5.32 Å². The molecule has 0 rings (SSSR count). The van der Waals surface area contributed by atoms with E-state index in [0.717, 1.165) is 0 Å². The summed E-state index contributed by atoms with van der Waals surface area (Å²) in [5.74, 6) is -1.57. The van der Waals surface area contributed by atoms with Gasteiger partial charge in [0.15, 0.2) is 6.04 Å². The molecule has 0 unspecified atom stereocenters. The molecule has 0 aliphatic carbocycles. The van der Waals surface area contributed by atoms with E-state index in [-0.39, 0.29) is 6.61 Å². The third kappa shape index (κ3) is 5.13. The molecule has 80 valence electrons. The van der Waals surface area contributed by atoms with Crippen LogP contribution in [0.3, 0.4) is 0 Å². The SMILES string of the molecule is COC(=O)[C@@H](COC(C)=O)NC(C)=O. The van der Waals surface area contributed by atoms with E-state index in [0.29, 0.717) is 0 Å². The van der Waals surface area contributed by atoms with Crippen LogP contribution in [0.5, 0.6) is 0 Å². The molecule has 0 saturated carbocycles. The third-order valence-electron chi connectivity index (χ3n) is 1.32. The average molecular weight is 203 g/mol. The minimum absolute atomic E-state index is 0.221. The summed E-state index contributed by atoms with van der Waals surface area (Å²) in [5.41, 5.74) is 0. The van der Waals surface area contributed by atoms with Crippen LogP contribution >= 0.6 is 0 Å². The first kappa shape index (κ1) is 12.4. The molecule has 0 aliphatic heterocycles. The maximum absolute atomic E-state index is 11.0. The molecule has 0 radical (unpaired) electrons. The molecule has 0 aromatic heterocycles. The van der Waals surface area contributed by atoms with E-state index in [2.05, 4.69) is 14.8 Å². The standard InChI is InChI=1S/C8H13NO5/c1-5(10)9-7(8(12)13-3)4-14-6(2)11/h7H,4H2,1-3H3,(H,9,10)/t7-/m1/s1. The molecule has 6 nitrogen and oxygen atoms in total. The number of ether oxygens (including phenoxy) is 2. The highest BCUT2D eigenvalue weighted by Gasteiger charge is 2.21. The van der Waals surface area contributed by atoms with E-state index in [1.807, 2.05) is 0 Å².